The van der Waals surface area contributed by atoms with Crippen LogP contribution in [0.3, 0.4) is 0 Å². The van der Waals surface area contributed by atoms with Gasteiger partial charge in [0.2, 0.25) is 6.79 Å². The van der Waals surface area contributed by atoms with Gasteiger partial charge < -0.3 is 9.47 Å². The molecular formula is C20H14BrN3O2. The minimum Gasteiger partial charge on any atom is -0.454 e. The van der Waals surface area contributed by atoms with Gasteiger partial charge in [0.1, 0.15) is 0 Å². The molecule has 6 heteroatoms. The molecule has 0 spiro atoms. The molecule has 2 aromatic carbocycles. The summed E-state index contributed by atoms with van der Waals surface area (Å²) in [6, 6.07) is 16.1. The van der Waals surface area contributed by atoms with Crippen LogP contribution in [0.5, 0.6) is 11.5 Å². The highest BCUT2D eigenvalue weighted by molar-refractivity contribution is 9.10. The van der Waals surface area contributed by atoms with Gasteiger partial charge in [-0.15, -0.1) is 0 Å². The Kier molecular flexibility index (Phi) is 3.46. The van der Waals surface area contributed by atoms with Gasteiger partial charge in [0.15, 0.2) is 17.1 Å². The molecule has 5 nitrogen and oxygen atoms in total. The Hall–Kier alpha value is -2.86. The first-order valence-electron chi connectivity index (χ1n) is 8.21. The molecule has 0 saturated heterocycles. The first kappa shape index (κ1) is 15.4. The van der Waals surface area contributed by atoms with Gasteiger partial charge in [0.25, 0.3) is 0 Å². The highest BCUT2D eigenvalue weighted by Gasteiger charge is 2.18. The van der Waals surface area contributed by atoms with Crippen molar-refractivity contribution in [3.8, 4) is 33.9 Å². The Morgan fingerprint density at radius 1 is 0.962 bits per heavy atom. The van der Waals surface area contributed by atoms with Crippen molar-refractivity contribution in [1.29, 1.82) is 0 Å². The monoisotopic (exact) mass is 407 g/mol. The zero-order chi connectivity index (χ0) is 17.7. The fourth-order valence-electron chi connectivity index (χ4n) is 3.28. The molecule has 0 saturated carbocycles. The number of aromatic nitrogens is 3. The van der Waals surface area contributed by atoms with Crippen molar-refractivity contribution in [1.82, 2.24) is 14.6 Å². The van der Waals surface area contributed by atoms with Crippen molar-refractivity contribution in [3.05, 3.63) is 64.9 Å². The molecule has 0 N–H and O–H groups in total. The third-order valence-electron chi connectivity index (χ3n) is 4.49. The molecule has 0 bridgehead atoms. The number of hydrogen-bond acceptors (Lipinski definition) is 4. The Balaban J connectivity index is 1.71. The van der Waals surface area contributed by atoms with Gasteiger partial charge in [-0.3, -0.25) is 0 Å². The van der Waals surface area contributed by atoms with Crippen molar-refractivity contribution in [2.75, 3.05) is 6.79 Å². The Morgan fingerprint density at radius 3 is 2.58 bits per heavy atom. The lowest BCUT2D eigenvalue weighted by atomic mass is 10.1. The van der Waals surface area contributed by atoms with Crippen LogP contribution in [-0.4, -0.2) is 21.4 Å². The zero-order valence-electron chi connectivity index (χ0n) is 13.9. The summed E-state index contributed by atoms with van der Waals surface area (Å²) in [4.78, 5) is 4.59. The second-order valence-corrected chi connectivity index (χ2v) is 7.02. The Bertz CT molecular complexity index is 1140. The van der Waals surface area contributed by atoms with Gasteiger partial charge in [0, 0.05) is 21.8 Å². The summed E-state index contributed by atoms with van der Waals surface area (Å²) >= 11 is 3.49. The van der Waals surface area contributed by atoms with Crippen LogP contribution in [0.4, 0.5) is 0 Å². The SMILES string of the molecule is Cc1nn2c(-c3ccc4c(c3)OCO4)ccnc2c1-c1ccc(Br)cc1. The number of benzene rings is 2. The van der Waals surface area contributed by atoms with E-state index in [0.717, 1.165) is 49.7 Å². The zero-order valence-corrected chi connectivity index (χ0v) is 15.5. The van der Waals surface area contributed by atoms with E-state index in [2.05, 4.69) is 33.0 Å². The molecule has 0 aliphatic carbocycles. The summed E-state index contributed by atoms with van der Waals surface area (Å²) in [7, 11) is 0. The number of aryl methyl sites for hydroxylation is 1. The summed E-state index contributed by atoms with van der Waals surface area (Å²) in [6.07, 6.45) is 1.82. The molecule has 0 atom stereocenters. The van der Waals surface area contributed by atoms with Crippen LogP contribution < -0.4 is 9.47 Å². The van der Waals surface area contributed by atoms with Gasteiger partial charge in [0.05, 0.1) is 11.4 Å². The van der Waals surface area contributed by atoms with Crippen LogP contribution in [0.25, 0.3) is 28.0 Å². The lowest BCUT2D eigenvalue weighted by Crippen LogP contribution is -1.96. The standard InChI is InChI=1S/C20H14BrN3O2/c1-12-19(13-2-5-15(21)6-3-13)20-22-9-8-16(24(20)23-12)14-4-7-17-18(10-14)26-11-25-17/h2-10H,11H2,1H3. The van der Waals surface area contributed by atoms with Crippen molar-refractivity contribution in [2.24, 2.45) is 0 Å². The first-order valence-corrected chi connectivity index (χ1v) is 9.00. The van der Waals surface area contributed by atoms with Crippen LogP contribution in [0, 0.1) is 6.92 Å². The van der Waals surface area contributed by atoms with Crippen LogP contribution >= 0.6 is 15.9 Å². The smallest absolute Gasteiger partial charge is 0.231 e. The van der Waals surface area contributed by atoms with E-state index in [1.54, 1.807) is 0 Å². The number of halogens is 1. The van der Waals surface area contributed by atoms with Crippen molar-refractivity contribution in [3.63, 3.8) is 0 Å². The van der Waals surface area contributed by atoms with Gasteiger partial charge in [-0.05, 0) is 48.9 Å². The molecule has 0 radical (unpaired) electrons. The number of hydrogen-bond donors (Lipinski definition) is 0. The van der Waals surface area contributed by atoms with Crippen molar-refractivity contribution in [2.45, 2.75) is 6.92 Å². The largest absolute Gasteiger partial charge is 0.454 e. The van der Waals surface area contributed by atoms with E-state index in [0.29, 0.717) is 0 Å². The van der Waals surface area contributed by atoms with Gasteiger partial charge >= 0.3 is 0 Å². The van der Waals surface area contributed by atoms with E-state index >= 15 is 0 Å². The highest BCUT2D eigenvalue weighted by Crippen LogP contribution is 2.37. The predicted octanol–water partition coefficient (Wildman–Crippen LogP) is 4.86. The third-order valence-corrected chi connectivity index (χ3v) is 5.02. The molecule has 26 heavy (non-hydrogen) atoms. The molecule has 4 aromatic rings. The van der Waals surface area contributed by atoms with E-state index in [9.17, 15) is 0 Å². The topological polar surface area (TPSA) is 48.7 Å². The van der Waals surface area contributed by atoms with Gasteiger partial charge in [-0.2, -0.15) is 5.10 Å². The fourth-order valence-corrected chi connectivity index (χ4v) is 3.54. The second-order valence-electron chi connectivity index (χ2n) is 6.10. The molecule has 0 fully saturated rings. The van der Waals surface area contributed by atoms with Gasteiger partial charge in [-0.25, -0.2) is 9.50 Å². The summed E-state index contributed by atoms with van der Waals surface area (Å²) in [5.74, 6) is 1.52. The van der Waals surface area contributed by atoms with E-state index < -0.39 is 0 Å². The quantitative estimate of drug-likeness (QED) is 0.475. The highest BCUT2D eigenvalue weighted by atomic mass is 79.9. The first-order chi connectivity index (χ1) is 12.7. The lowest BCUT2D eigenvalue weighted by Gasteiger charge is -2.06. The normalized spacial score (nSPS) is 12.7. The van der Waals surface area contributed by atoms with Crippen LogP contribution in [0.2, 0.25) is 0 Å². The Labute approximate surface area is 158 Å². The summed E-state index contributed by atoms with van der Waals surface area (Å²) in [5, 5.41) is 4.75. The summed E-state index contributed by atoms with van der Waals surface area (Å²) in [6.45, 7) is 2.27. The van der Waals surface area contributed by atoms with E-state index in [1.165, 1.54) is 0 Å². The number of nitrogens with zero attached hydrogens (tertiary/aromatic N) is 3. The molecule has 0 amide bonds. The molecule has 5 rings (SSSR count). The number of ether oxygens (including phenoxy) is 2. The average Bonchev–Trinajstić information content (AvgIpc) is 3.25. The molecule has 3 heterocycles. The third kappa shape index (κ3) is 2.37. The van der Waals surface area contributed by atoms with E-state index in [-0.39, 0.29) is 6.79 Å². The predicted molar refractivity (Wildman–Crippen MR) is 102 cm³/mol. The second kappa shape index (κ2) is 5.85. The summed E-state index contributed by atoms with van der Waals surface area (Å²) < 4.78 is 13.9. The van der Waals surface area contributed by atoms with Gasteiger partial charge in [-0.1, -0.05) is 28.1 Å². The molecule has 1 aliphatic rings. The maximum atomic E-state index is 5.51. The van der Waals surface area contributed by atoms with Crippen molar-refractivity contribution >= 4 is 21.6 Å². The minimum absolute atomic E-state index is 0.263. The lowest BCUT2D eigenvalue weighted by molar-refractivity contribution is 0.174. The number of rotatable bonds is 2. The van der Waals surface area contributed by atoms with E-state index in [4.69, 9.17) is 14.6 Å². The maximum Gasteiger partial charge on any atom is 0.231 e. The fraction of sp³-hybridized carbons (Fsp3) is 0.100. The molecule has 1 aliphatic heterocycles. The molecular weight excluding hydrogens is 394 g/mol. The Morgan fingerprint density at radius 2 is 1.73 bits per heavy atom. The minimum atomic E-state index is 0.263. The molecule has 2 aromatic heterocycles. The van der Waals surface area contributed by atoms with Crippen LogP contribution in [0.15, 0.2) is 59.2 Å². The maximum absolute atomic E-state index is 5.51. The molecule has 128 valence electrons. The van der Waals surface area contributed by atoms with Crippen molar-refractivity contribution < 1.29 is 9.47 Å². The number of fused-ring (bicyclic) bond motifs is 2. The van der Waals surface area contributed by atoms with E-state index in [1.807, 2.05) is 54.0 Å². The summed E-state index contributed by atoms with van der Waals surface area (Å²) in [5.41, 5.74) is 5.87. The molecule has 0 unspecified atom stereocenters. The van der Waals surface area contributed by atoms with Crippen LogP contribution in [-0.2, 0) is 0 Å². The van der Waals surface area contributed by atoms with Crippen LogP contribution in [0.1, 0.15) is 5.69 Å². The average molecular weight is 408 g/mol.